The maximum atomic E-state index is 12.9. The maximum absolute atomic E-state index is 12.9. The minimum atomic E-state index is -1.52. The summed E-state index contributed by atoms with van der Waals surface area (Å²) in [6, 6.07) is 14.3. The number of aliphatic hydroxyl groups is 1. The van der Waals surface area contributed by atoms with Gasteiger partial charge >= 0.3 is 0 Å². The van der Waals surface area contributed by atoms with Crippen LogP contribution in [0.5, 0.6) is 5.75 Å². The Bertz CT molecular complexity index is 762. The second-order valence-corrected chi connectivity index (χ2v) is 5.64. The Hall–Kier alpha value is -2.73. The van der Waals surface area contributed by atoms with E-state index >= 15 is 0 Å². The molecular weight excluding hydrogens is 311 g/mol. The molecule has 0 aliphatic carbocycles. The first-order valence-corrected chi connectivity index (χ1v) is 7.52. The standard InChI is InChI=1S/C18H17FN2O3/c1-13-11-18(23,14-5-3-2-4-6-14)21(20-13)17(22)12-24-16-9-7-15(19)8-10-16/h2-10,23H,11-12H2,1H3/t18-/m0/s1. The van der Waals surface area contributed by atoms with E-state index in [2.05, 4.69) is 5.10 Å². The number of amides is 1. The van der Waals surface area contributed by atoms with Crippen LogP contribution in [0.3, 0.4) is 0 Å². The van der Waals surface area contributed by atoms with E-state index in [0.717, 1.165) is 5.01 Å². The number of halogens is 1. The summed E-state index contributed by atoms with van der Waals surface area (Å²) in [5.41, 5.74) is -0.286. The summed E-state index contributed by atoms with van der Waals surface area (Å²) < 4.78 is 18.2. The normalized spacial score (nSPS) is 20.0. The molecule has 0 saturated heterocycles. The monoisotopic (exact) mass is 328 g/mol. The van der Waals surface area contributed by atoms with Crippen molar-refractivity contribution in [1.29, 1.82) is 0 Å². The van der Waals surface area contributed by atoms with Crippen LogP contribution in [0.4, 0.5) is 4.39 Å². The third-order valence-electron chi connectivity index (χ3n) is 3.77. The van der Waals surface area contributed by atoms with Gasteiger partial charge in [-0.05, 0) is 31.2 Å². The Morgan fingerprint density at radius 3 is 2.58 bits per heavy atom. The Balaban J connectivity index is 1.75. The van der Waals surface area contributed by atoms with E-state index < -0.39 is 11.6 Å². The number of nitrogens with zero attached hydrogens (tertiary/aromatic N) is 2. The summed E-state index contributed by atoms with van der Waals surface area (Å²) in [4.78, 5) is 12.5. The molecule has 124 valence electrons. The Kier molecular flexibility index (Phi) is 4.31. The highest BCUT2D eigenvalue weighted by Gasteiger charge is 2.44. The van der Waals surface area contributed by atoms with Crippen molar-refractivity contribution < 1.29 is 19.0 Å². The molecule has 3 rings (SSSR count). The second-order valence-electron chi connectivity index (χ2n) is 5.64. The molecular formula is C18H17FN2O3. The lowest BCUT2D eigenvalue weighted by molar-refractivity contribution is -0.159. The van der Waals surface area contributed by atoms with Gasteiger partial charge in [0, 0.05) is 17.7 Å². The van der Waals surface area contributed by atoms with Gasteiger partial charge in [0.1, 0.15) is 11.6 Å². The fourth-order valence-corrected chi connectivity index (χ4v) is 2.65. The van der Waals surface area contributed by atoms with Gasteiger partial charge in [-0.25, -0.2) is 4.39 Å². The number of hydrogen-bond acceptors (Lipinski definition) is 4. The van der Waals surface area contributed by atoms with Crippen molar-refractivity contribution in [2.24, 2.45) is 5.10 Å². The summed E-state index contributed by atoms with van der Waals surface area (Å²) >= 11 is 0. The highest BCUT2D eigenvalue weighted by molar-refractivity contribution is 5.89. The molecule has 0 unspecified atom stereocenters. The first kappa shape index (κ1) is 16.1. The first-order valence-electron chi connectivity index (χ1n) is 7.52. The van der Waals surface area contributed by atoms with Crippen LogP contribution >= 0.6 is 0 Å². The first-order chi connectivity index (χ1) is 11.5. The number of ether oxygens (including phenoxy) is 1. The zero-order valence-electron chi connectivity index (χ0n) is 13.1. The predicted molar refractivity (Wildman–Crippen MR) is 86.8 cm³/mol. The summed E-state index contributed by atoms with van der Waals surface area (Å²) in [6.07, 6.45) is 0.235. The number of benzene rings is 2. The average Bonchev–Trinajstić information content (AvgIpc) is 2.91. The molecule has 0 bridgehead atoms. The topological polar surface area (TPSA) is 62.1 Å². The third kappa shape index (κ3) is 3.14. The van der Waals surface area contributed by atoms with E-state index in [1.54, 1.807) is 31.2 Å². The number of carbonyl (C=O) groups excluding carboxylic acids is 1. The zero-order chi connectivity index (χ0) is 17.2. The summed E-state index contributed by atoms with van der Waals surface area (Å²) in [6.45, 7) is 1.44. The zero-order valence-corrected chi connectivity index (χ0v) is 13.1. The van der Waals surface area contributed by atoms with Gasteiger partial charge in [0.05, 0.1) is 0 Å². The van der Waals surface area contributed by atoms with E-state index in [-0.39, 0.29) is 18.8 Å². The van der Waals surface area contributed by atoms with Gasteiger partial charge in [-0.15, -0.1) is 0 Å². The van der Waals surface area contributed by atoms with Crippen LogP contribution in [0.25, 0.3) is 0 Å². The minimum Gasteiger partial charge on any atom is -0.484 e. The number of rotatable bonds is 4. The molecule has 0 spiro atoms. The molecule has 0 aromatic heterocycles. The summed E-state index contributed by atoms with van der Waals surface area (Å²) in [5.74, 6) is -0.498. The molecule has 2 aromatic rings. The molecule has 0 saturated carbocycles. The van der Waals surface area contributed by atoms with Crippen LogP contribution in [0.1, 0.15) is 18.9 Å². The fraction of sp³-hybridized carbons (Fsp3) is 0.222. The van der Waals surface area contributed by atoms with Crippen LogP contribution in [0, 0.1) is 5.82 Å². The third-order valence-corrected chi connectivity index (χ3v) is 3.77. The van der Waals surface area contributed by atoms with Gasteiger partial charge in [0.15, 0.2) is 12.3 Å². The maximum Gasteiger partial charge on any atom is 0.283 e. The van der Waals surface area contributed by atoms with Crippen LogP contribution in [0.2, 0.25) is 0 Å². The summed E-state index contributed by atoms with van der Waals surface area (Å²) in [7, 11) is 0. The van der Waals surface area contributed by atoms with Crippen molar-refractivity contribution in [3.8, 4) is 5.75 Å². The molecule has 1 aliphatic heterocycles. The van der Waals surface area contributed by atoms with E-state index in [0.29, 0.717) is 17.0 Å². The van der Waals surface area contributed by atoms with E-state index in [1.165, 1.54) is 24.3 Å². The van der Waals surface area contributed by atoms with Crippen molar-refractivity contribution in [2.45, 2.75) is 19.1 Å². The van der Waals surface area contributed by atoms with Gasteiger partial charge in [0.2, 0.25) is 0 Å². The lowest BCUT2D eigenvalue weighted by Gasteiger charge is -2.31. The molecule has 2 aromatic carbocycles. The van der Waals surface area contributed by atoms with Crippen molar-refractivity contribution >= 4 is 11.6 Å². The SMILES string of the molecule is CC1=NN(C(=O)COc2ccc(F)cc2)[C@@](O)(c2ccccc2)C1. The minimum absolute atomic E-state index is 0.235. The van der Waals surface area contributed by atoms with Gasteiger partial charge < -0.3 is 9.84 Å². The van der Waals surface area contributed by atoms with Gasteiger partial charge in [-0.2, -0.15) is 10.1 Å². The molecule has 1 amide bonds. The van der Waals surface area contributed by atoms with Crippen molar-refractivity contribution in [3.63, 3.8) is 0 Å². The van der Waals surface area contributed by atoms with Crippen LogP contribution < -0.4 is 4.74 Å². The molecule has 0 fully saturated rings. The highest BCUT2D eigenvalue weighted by Crippen LogP contribution is 2.35. The fourth-order valence-electron chi connectivity index (χ4n) is 2.65. The molecule has 1 heterocycles. The molecule has 6 heteroatoms. The quantitative estimate of drug-likeness (QED) is 0.938. The lowest BCUT2D eigenvalue weighted by atomic mass is 9.98. The largest absolute Gasteiger partial charge is 0.484 e. The number of hydrogen-bond donors (Lipinski definition) is 1. The second kappa shape index (κ2) is 6.41. The van der Waals surface area contributed by atoms with Crippen LogP contribution in [-0.2, 0) is 10.5 Å². The Labute approximate surface area is 139 Å². The molecule has 1 atom stereocenters. The van der Waals surface area contributed by atoms with E-state index in [1.807, 2.05) is 6.07 Å². The predicted octanol–water partition coefficient (Wildman–Crippen LogP) is 2.66. The van der Waals surface area contributed by atoms with Gasteiger partial charge in [-0.3, -0.25) is 4.79 Å². The Morgan fingerprint density at radius 2 is 1.92 bits per heavy atom. The molecule has 0 radical (unpaired) electrons. The van der Waals surface area contributed by atoms with Gasteiger partial charge in [-0.1, -0.05) is 30.3 Å². The van der Waals surface area contributed by atoms with Crippen molar-refractivity contribution in [1.82, 2.24) is 5.01 Å². The van der Waals surface area contributed by atoms with Crippen LogP contribution in [0.15, 0.2) is 59.7 Å². The van der Waals surface area contributed by atoms with Crippen molar-refractivity contribution in [3.05, 3.63) is 66.0 Å². The average molecular weight is 328 g/mol. The molecule has 1 aliphatic rings. The van der Waals surface area contributed by atoms with E-state index in [4.69, 9.17) is 4.74 Å². The molecule has 24 heavy (non-hydrogen) atoms. The number of hydrazone groups is 1. The smallest absolute Gasteiger partial charge is 0.283 e. The highest BCUT2D eigenvalue weighted by atomic mass is 19.1. The van der Waals surface area contributed by atoms with Gasteiger partial charge in [0.25, 0.3) is 5.91 Å². The summed E-state index contributed by atoms with van der Waals surface area (Å²) in [5, 5.41) is 16.2. The van der Waals surface area contributed by atoms with Crippen LogP contribution in [-0.4, -0.2) is 28.3 Å². The molecule has 1 N–H and O–H groups in total. The number of carbonyl (C=O) groups is 1. The van der Waals surface area contributed by atoms with Crippen molar-refractivity contribution in [2.75, 3.05) is 6.61 Å². The Morgan fingerprint density at radius 1 is 1.25 bits per heavy atom. The molecule has 5 nitrogen and oxygen atoms in total. The lowest BCUT2D eigenvalue weighted by Crippen LogP contribution is -2.45. The van der Waals surface area contributed by atoms with E-state index in [9.17, 15) is 14.3 Å².